The van der Waals surface area contributed by atoms with E-state index in [0.717, 1.165) is 0 Å². The van der Waals surface area contributed by atoms with E-state index in [2.05, 4.69) is 15.4 Å². The van der Waals surface area contributed by atoms with Gasteiger partial charge in [0, 0.05) is 19.4 Å². The van der Waals surface area contributed by atoms with Gasteiger partial charge >= 0.3 is 12.6 Å². The number of nitrogens with one attached hydrogen (secondary N) is 2. The van der Waals surface area contributed by atoms with E-state index in [1.54, 1.807) is 17.5 Å². The Morgan fingerprint density at radius 1 is 1.03 bits per heavy atom. The minimum Gasteiger partial charge on any atom is -0.452 e. The Labute approximate surface area is 186 Å². The molecule has 1 heterocycles. The molecule has 2 amide bonds. The molecule has 1 aromatic heterocycles. The molecule has 8 nitrogen and oxygen atoms in total. The van der Waals surface area contributed by atoms with Gasteiger partial charge in [0.05, 0.1) is 17.0 Å². The zero-order chi connectivity index (χ0) is 23.5. The normalized spacial score (nSPS) is 11.5. The maximum Gasteiger partial charge on any atom is 0.387 e. The highest BCUT2D eigenvalue weighted by molar-refractivity contribution is 7.12. The summed E-state index contributed by atoms with van der Waals surface area (Å²) in [5.41, 5.74) is 0.00468. The lowest BCUT2D eigenvalue weighted by Gasteiger charge is -2.15. The number of halogens is 2. The number of thiophene rings is 1. The van der Waals surface area contributed by atoms with Gasteiger partial charge in [0.25, 0.3) is 5.91 Å². The van der Waals surface area contributed by atoms with Crippen molar-refractivity contribution < 1.29 is 37.4 Å². The lowest BCUT2D eigenvalue weighted by atomic mass is 10.2. The monoisotopic (exact) mass is 468 g/mol. The number of carbonyl (C=O) groups excluding carboxylic acids is 4. The maximum absolute atomic E-state index is 12.4. The van der Waals surface area contributed by atoms with Crippen LogP contribution < -0.4 is 15.4 Å². The summed E-state index contributed by atoms with van der Waals surface area (Å²) in [6, 6.07) is 9.03. The fraction of sp³-hybridized carbons (Fsp3) is 0.333. The molecule has 0 saturated carbocycles. The quantitative estimate of drug-likeness (QED) is 0.365. The molecule has 0 bridgehead atoms. The second-order valence-corrected chi connectivity index (χ2v) is 7.44. The number of ketones is 1. The average molecular weight is 468 g/mol. The molecule has 172 valence electrons. The summed E-state index contributed by atoms with van der Waals surface area (Å²) < 4.78 is 34.2. The molecule has 1 atom stereocenters. The van der Waals surface area contributed by atoms with Crippen LogP contribution in [0.5, 0.6) is 5.75 Å². The van der Waals surface area contributed by atoms with E-state index in [0.29, 0.717) is 4.88 Å². The van der Waals surface area contributed by atoms with Crippen molar-refractivity contribution in [1.82, 2.24) is 5.32 Å². The summed E-state index contributed by atoms with van der Waals surface area (Å²) in [6.45, 7) is -1.77. The molecule has 11 heteroatoms. The number of hydrogen-bond acceptors (Lipinski definition) is 7. The lowest BCUT2D eigenvalue weighted by molar-refractivity contribution is -0.153. The highest BCUT2D eigenvalue weighted by Gasteiger charge is 2.20. The Balaban J connectivity index is 1.69. The number of alkyl halides is 2. The van der Waals surface area contributed by atoms with Gasteiger partial charge in [-0.3, -0.25) is 19.2 Å². The Morgan fingerprint density at radius 3 is 2.47 bits per heavy atom. The molecule has 2 rings (SSSR count). The first kappa shape index (κ1) is 24.9. The molecule has 1 aromatic carbocycles. The first-order valence-electron chi connectivity index (χ1n) is 9.64. The molecule has 0 aliphatic carbocycles. The van der Waals surface area contributed by atoms with Crippen LogP contribution in [-0.4, -0.2) is 42.8 Å². The molecule has 0 aliphatic rings. The highest BCUT2D eigenvalue weighted by atomic mass is 32.1. The highest BCUT2D eigenvalue weighted by Crippen LogP contribution is 2.25. The van der Waals surface area contributed by atoms with Crippen LogP contribution in [0.2, 0.25) is 0 Å². The Bertz CT molecular complexity index is 936. The van der Waals surface area contributed by atoms with E-state index in [9.17, 15) is 28.0 Å². The second-order valence-electron chi connectivity index (χ2n) is 6.50. The molecule has 0 fully saturated rings. The zero-order valence-electron chi connectivity index (χ0n) is 17.1. The van der Waals surface area contributed by atoms with Crippen LogP contribution >= 0.6 is 11.3 Å². The van der Waals surface area contributed by atoms with Crippen LogP contribution in [0.1, 0.15) is 35.9 Å². The van der Waals surface area contributed by atoms with E-state index in [1.807, 2.05) is 0 Å². The van der Waals surface area contributed by atoms with Crippen LogP contribution in [-0.2, 0) is 19.1 Å². The second kappa shape index (κ2) is 12.5. The van der Waals surface area contributed by atoms with Gasteiger partial charge in [-0.05, 0) is 30.5 Å². The third-order valence-electron chi connectivity index (χ3n) is 4.06. The third kappa shape index (κ3) is 8.42. The van der Waals surface area contributed by atoms with Crippen molar-refractivity contribution in [3.8, 4) is 5.75 Å². The summed E-state index contributed by atoms with van der Waals surface area (Å²) in [5.74, 6) is -2.21. The van der Waals surface area contributed by atoms with Gasteiger partial charge in [-0.1, -0.05) is 18.2 Å². The van der Waals surface area contributed by atoms with Crippen molar-refractivity contribution >= 4 is 40.6 Å². The van der Waals surface area contributed by atoms with Gasteiger partial charge < -0.3 is 20.1 Å². The number of anilines is 1. The standard InChI is InChI=1S/C21H22F2N2O6S/c1-13(20(29)25-14-5-2-3-6-16(14)31-21(22)23)30-19(28)10-11-24-18(27)9-8-15(26)17-7-4-12-32-17/h2-7,12-13,21H,8-11H2,1H3,(H,24,27)(H,25,29). The molecular formula is C21H22F2N2O6S. The van der Waals surface area contributed by atoms with E-state index in [-0.39, 0.29) is 48.9 Å². The van der Waals surface area contributed by atoms with Gasteiger partial charge in [-0.2, -0.15) is 8.78 Å². The molecular weight excluding hydrogens is 446 g/mol. The Hall–Kier alpha value is -3.34. The minimum atomic E-state index is -3.06. The number of ether oxygens (including phenoxy) is 2. The van der Waals surface area contributed by atoms with Crippen molar-refractivity contribution in [1.29, 1.82) is 0 Å². The molecule has 0 saturated heterocycles. The summed E-state index contributed by atoms with van der Waals surface area (Å²) in [5, 5.41) is 6.64. The number of carbonyl (C=O) groups is 4. The Kier molecular flexibility index (Phi) is 9.74. The van der Waals surface area contributed by atoms with Crippen molar-refractivity contribution in [2.45, 2.75) is 38.9 Å². The fourth-order valence-corrected chi connectivity index (χ4v) is 3.19. The SMILES string of the molecule is CC(OC(=O)CCNC(=O)CCC(=O)c1cccs1)C(=O)Nc1ccccc1OC(F)F. The number of rotatable bonds is 12. The van der Waals surface area contributed by atoms with Gasteiger partial charge in [0.1, 0.15) is 5.75 Å². The average Bonchev–Trinajstić information content (AvgIpc) is 3.28. The van der Waals surface area contributed by atoms with E-state index in [1.165, 1.54) is 42.5 Å². The largest absolute Gasteiger partial charge is 0.452 e. The Morgan fingerprint density at radius 2 is 1.78 bits per heavy atom. The molecule has 2 aromatic rings. The third-order valence-corrected chi connectivity index (χ3v) is 4.98. The maximum atomic E-state index is 12.4. The molecule has 0 aliphatic heterocycles. The number of hydrogen-bond donors (Lipinski definition) is 2. The van der Waals surface area contributed by atoms with Crippen LogP contribution in [0.3, 0.4) is 0 Å². The summed E-state index contributed by atoms with van der Waals surface area (Å²) >= 11 is 1.30. The number of amides is 2. The van der Waals surface area contributed by atoms with Crippen LogP contribution in [0.4, 0.5) is 14.5 Å². The summed E-state index contributed by atoms with van der Waals surface area (Å²) in [7, 11) is 0. The summed E-state index contributed by atoms with van der Waals surface area (Å²) in [6.07, 6.45) is -1.34. The predicted molar refractivity (Wildman–Crippen MR) is 113 cm³/mol. The fourth-order valence-electron chi connectivity index (χ4n) is 2.49. The number of Topliss-reactive ketones (excluding diaryl/α,β-unsaturated/α-hetero) is 1. The van der Waals surface area contributed by atoms with E-state index in [4.69, 9.17) is 4.74 Å². The van der Waals surface area contributed by atoms with Crippen molar-refractivity contribution in [3.05, 3.63) is 46.7 Å². The van der Waals surface area contributed by atoms with Crippen LogP contribution in [0.25, 0.3) is 0 Å². The van der Waals surface area contributed by atoms with E-state index >= 15 is 0 Å². The smallest absolute Gasteiger partial charge is 0.387 e. The van der Waals surface area contributed by atoms with Gasteiger partial charge in [0.15, 0.2) is 11.9 Å². The number of benzene rings is 1. The topological polar surface area (TPSA) is 111 Å². The number of esters is 1. The first-order valence-corrected chi connectivity index (χ1v) is 10.5. The molecule has 2 N–H and O–H groups in total. The molecule has 1 unspecified atom stereocenters. The molecule has 32 heavy (non-hydrogen) atoms. The molecule has 0 radical (unpaired) electrons. The molecule has 0 spiro atoms. The number of para-hydroxylation sites is 2. The lowest BCUT2D eigenvalue weighted by Crippen LogP contribution is -2.32. The van der Waals surface area contributed by atoms with Crippen LogP contribution in [0.15, 0.2) is 41.8 Å². The van der Waals surface area contributed by atoms with Gasteiger partial charge in [0.2, 0.25) is 5.91 Å². The van der Waals surface area contributed by atoms with Crippen molar-refractivity contribution in [2.75, 3.05) is 11.9 Å². The summed E-state index contributed by atoms with van der Waals surface area (Å²) in [4.78, 5) is 48.3. The zero-order valence-corrected chi connectivity index (χ0v) is 18.0. The van der Waals surface area contributed by atoms with Crippen molar-refractivity contribution in [3.63, 3.8) is 0 Å². The van der Waals surface area contributed by atoms with E-state index < -0.39 is 24.6 Å². The predicted octanol–water partition coefficient (Wildman–Crippen LogP) is 3.39. The first-order chi connectivity index (χ1) is 15.3. The van der Waals surface area contributed by atoms with Crippen LogP contribution in [0, 0.1) is 0 Å². The van der Waals surface area contributed by atoms with Gasteiger partial charge in [-0.15, -0.1) is 11.3 Å². The minimum absolute atomic E-state index is 0.00468. The van der Waals surface area contributed by atoms with Crippen molar-refractivity contribution in [2.24, 2.45) is 0 Å². The van der Waals surface area contributed by atoms with Gasteiger partial charge in [-0.25, -0.2) is 0 Å².